The molecule has 0 aliphatic rings. The van der Waals surface area contributed by atoms with Crippen LogP contribution in [0.5, 0.6) is 0 Å². The van der Waals surface area contributed by atoms with E-state index in [9.17, 15) is 18.8 Å². The minimum atomic E-state index is -0.575. The minimum Gasteiger partial charge on any atom is -0.350 e. The molecule has 0 bridgehead atoms. The number of para-hydroxylation sites is 1. The lowest BCUT2D eigenvalue weighted by Gasteiger charge is -2.12. The molecule has 0 fully saturated rings. The van der Waals surface area contributed by atoms with Gasteiger partial charge in [-0.15, -0.1) is 0 Å². The molecule has 1 heterocycles. The zero-order chi connectivity index (χ0) is 18.8. The van der Waals surface area contributed by atoms with Crippen molar-refractivity contribution in [2.24, 2.45) is 7.05 Å². The number of aromatic nitrogens is 2. The summed E-state index contributed by atoms with van der Waals surface area (Å²) in [6, 6.07) is 10.7. The van der Waals surface area contributed by atoms with Crippen LogP contribution < -0.4 is 16.6 Å². The summed E-state index contributed by atoms with van der Waals surface area (Å²) in [5.74, 6) is -0.957. The van der Waals surface area contributed by atoms with Crippen LogP contribution in [0.3, 0.4) is 0 Å². The first-order valence-electron chi connectivity index (χ1n) is 7.77. The molecular formula is C18H15ClFN3O3. The number of benzene rings is 2. The zero-order valence-corrected chi connectivity index (χ0v) is 14.6. The molecule has 0 atom stereocenters. The molecule has 1 N–H and O–H groups in total. The van der Waals surface area contributed by atoms with Gasteiger partial charge in [-0.3, -0.25) is 18.7 Å². The van der Waals surface area contributed by atoms with Gasteiger partial charge in [0.1, 0.15) is 12.4 Å². The monoisotopic (exact) mass is 375 g/mol. The fraction of sp³-hybridized carbons (Fsp3) is 0.167. The summed E-state index contributed by atoms with van der Waals surface area (Å²) in [7, 11) is 1.37. The standard InChI is InChI=1S/C18H15ClFN3O3/c1-22-17(25)12-4-2-3-5-15(12)23(18(22)26)10-16(24)21-9-11-6-7-14(20)13(19)8-11/h2-8H,9-10H2,1H3,(H,21,24). The Morgan fingerprint density at radius 1 is 1.19 bits per heavy atom. The van der Waals surface area contributed by atoms with Crippen molar-refractivity contribution >= 4 is 28.4 Å². The molecule has 26 heavy (non-hydrogen) atoms. The highest BCUT2D eigenvalue weighted by atomic mass is 35.5. The molecule has 0 aliphatic carbocycles. The third-order valence-electron chi connectivity index (χ3n) is 4.02. The number of halogens is 2. The fourth-order valence-electron chi connectivity index (χ4n) is 2.64. The first-order valence-corrected chi connectivity index (χ1v) is 8.15. The van der Waals surface area contributed by atoms with Gasteiger partial charge in [-0.25, -0.2) is 9.18 Å². The molecule has 3 aromatic rings. The number of rotatable bonds is 4. The number of hydrogen-bond donors (Lipinski definition) is 1. The Kier molecular flexibility index (Phi) is 4.90. The van der Waals surface area contributed by atoms with E-state index in [1.807, 2.05) is 0 Å². The van der Waals surface area contributed by atoms with Crippen LogP contribution in [0.15, 0.2) is 52.1 Å². The number of amides is 1. The molecule has 0 radical (unpaired) electrons. The average molecular weight is 376 g/mol. The maximum atomic E-state index is 13.2. The van der Waals surface area contributed by atoms with Crippen LogP contribution in [0.4, 0.5) is 4.39 Å². The molecule has 0 unspecified atom stereocenters. The van der Waals surface area contributed by atoms with Crippen LogP contribution in [-0.2, 0) is 24.9 Å². The van der Waals surface area contributed by atoms with Crippen molar-refractivity contribution in [3.8, 4) is 0 Å². The molecule has 3 rings (SSSR count). The van der Waals surface area contributed by atoms with Gasteiger partial charge >= 0.3 is 5.69 Å². The van der Waals surface area contributed by atoms with Gasteiger partial charge in [-0.2, -0.15) is 0 Å². The van der Waals surface area contributed by atoms with Crippen LogP contribution in [0.25, 0.3) is 10.9 Å². The maximum Gasteiger partial charge on any atom is 0.331 e. The second-order valence-corrected chi connectivity index (χ2v) is 6.18. The van der Waals surface area contributed by atoms with E-state index in [0.717, 1.165) is 4.57 Å². The van der Waals surface area contributed by atoms with Gasteiger partial charge in [-0.1, -0.05) is 29.8 Å². The predicted octanol–water partition coefficient (Wildman–Crippen LogP) is 1.81. The topological polar surface area (TPSA) is 73.1 Å². The molecule has 8 heteroatoms. The lowest BCUT2D eigenvalue weighted by Crippen LogP contribution is -2.41. The number of hydrogen-bond acceptors (Lipinski definition) is 3. The average Bonchev–Trinajstić information content (AvgIpc) is 2.64. The van der Waals surface area contributed by atoms with E-state index in [2.05, 4.69) is 5.32 Å². The third kappa shape index (κ3) is 3.39. The smallest absolute Gasteiger partial charge is 0.331 e. The normalized spacial score (nSPS) is 10.9. The summed E-state index contributed by atoms with van der Waals surface area (Å²) >= 11 is 5.71. The molecule has 6 nitrogen and oxygen atoms in total. The lowest BCUT2D eigenvalue weighted by molar-refractivity contribution is -0.121. The first kappa shape index (κ1) is 17.9. The molecular weight excluding hydrogens is 361 g/mol. The van der Waals surface area contributed by atoms with E-state index in [4.69, 9.17) is 11.6 Å². The van der Waals surface area contributed by atoms with Gasteiger partial charge in [0.25, 0.3) is 5.56 Å². The summed E-state index contributed by atoms with van der Waals surface area (Å²) in [4.78, 5) is 36.8. The van der Waals surface area contributed by atoms with Crippen LogP contribution in [-0.4, -0.2) is 15.0 Å². The van der Waals surface area contributed by atoms with Crippen molar-refractivity contribution in [2.75, 3.05) is 0 Å². The number of carbonyl (C=O) groups is 1. The van der Waals surface area contributed by atoms with Crippen LogP contribution in [0, 0.1) is 5.82 Å². The second-order valence-electron chi connectivity index (χ2n) is 5.78. The van der Waals surface area contributed by atoms with E-state index >= 15 is 0 Å². The van der Waals surface area contributed by atoms with Crippen molar-refractivity contribution in [2.45, 2.75) is 13.1 Å². The molecule has 1 aromatic heterocycles. The van der Waals surface area contributed by atoms with Gasteiger partial charge in [0.15, 0.2) is 0 Å². The Morgan fingerprint density at radius 3 is 2.65 bits per heavy atom. The number of fused-ring (bicyclic) bond motifs is 1. The quantitative estimate of drug-likeness (QED) is 0.755. The summed E-state index contributed by atoms with van der Waals surface area (Å²) in [6.45, 7) is -0.111. The van der Waals surface area contributed by atoms with E-state index in [-0.39, 0.29) is 18.1 Å². The summed E-state index contributed by atoms with van der Waals surface area (Å²) in [5.41, 5.74) is 0.0277. The van der Waals surface area contributed by atoms with Crippen molar-refractivity contribution in [3.05, 3.63) is 79.7 Å². The molecule has 0 aliphatic heterocycles. The molecule has 1 amide bonds. The summed E-state index contributed by atoms with van der Waals surface area (Å²) < 4.78 is 15.4. The molecule has 0 saturated carbocycles. The molecule has 0 saturated heterocycles. The van der Waals surface area contributed by atoms with E-state index in [0.29, 0.717) is 16.5 Å². The maximum absolute atomic E-state index is 13.2. The van der Waals surface area contributed by atoms with Crippen molar-refractivity contribution in [3.63, 3.8) is 0 Å². The van der Waals surface area contributed by atoms with E-state index in [1.54, 1.807) is 24.3 Å². The first-order chi connectivity index (χ1) is 12.4. The highest BCUT2D eigenvalue weighted by Crippen LogP contribution is 2.15. The zero-order valence-electron chi connectivity index (χ0n) is 13.8. The largest absolute Gasteiger partial charge is 0.350 e. The minimum absolute atomic E-state index is 0.0305. The SMILES string of the molecule is Cn1c(=O)c2ccccc2n(CC(=O)NCc2ccc(F)c(Cl)c2)c1=O. The van der Waals surface area contributed by atoms with Gasteiger partial charge in [-0.05, 0) is 29.8 Å². The third-order valence-corrected chi connectivity index (χ3v) is 4.31. The van der Waals surface area contributed by atoms with Gasteiger partial charge in [0.05, 0.1) is 15.9 Å². The number of nitrogens with one attached hydrogen (secondary N) is 1. The molecule has 2 aromatic carbocycles. The van der Waals surface area contributed by atoms with Gasteiger partial charge < -0.3 is 5.32 Å². The van der Waals surface area contributed by atoms with Crippen molar-refractivity contribution in [1.29, 1.82) is 0 Å². The van der Waals surface area contributed by atoms with E-state index in [1.165, 1.54) is 29.8 Å². The lowest BCUT2D eigenvalue weighted by atomic mass is 10.2. The van der Waals surface area contributed by atoms with Crippen molar-refractivity contribution < 1.29 is 9.18 Å². The molecule has 0 spiro atoms. The molecule has 134 valence electrons. The Hall–Kier alpha value is -2.93. The summed E-state index contributed by atoms with van der Waals surface area (Å²) in [6.07, 6.45) is 0. The Bertz CT molecular complexity index is 1120. The van der Waals surface area contributed by atoms with Crippen LogP contribution in [0.2, 0.25) is 5.02 Å². The summed E-state index contributed by atoms with van der Waals surface area (Å²) in [5, 5.41) is 2.98. The fourth-order valence-corrected chi connectivity index (χ4v) is 2.85. The van der Waals surface area contributed by atoms with Gasteiger partial charge in [0.2, 0.25) is 5.91 Å². The number of nitrogens with zero attached hydrogens (tertiary/aromatic N) is 2. The Balaban J connectivity index is 1.84. The van der Waals surface area contributed by atoms with Crippen molar-refractivity contribution in [1.82, 2.24) is 14.5 Å². The van der Waals surface area contributed by atoms with E-state index < -0.39 is 23.0 Å². The van der Waals surface area contributed by atoms with Crippen LogP contribution in [0.1, 0.15) is 5.56 Å². The number of carbonyl (C=O) groups excluding carboxylic acids is 1. The Morgan fingerprint density at radius 2 is 1.92 bits per heavy atom. The second kappa shape index (κ2) is 7.13. The van der Waals surface area contributed by atoms with Crippen LogP contribution >= 0.6 is 11.6 Å². The highest BCUT2D eigenvalue weighted by molar-refractivity contribution is 6.30. The van der Waals surface area contributed by atoms with Gasteiger partial charge in [0, 0.05) is 13.6 Å². The highest BCUT2D eigenvalue weighted by Gasteiger charge is 2.13. The Labute approximate surface area is 152 Å². The predicted molar refractivity (Wildman–Crippen MR) is 96.7 cm³/mol.